The zero-order chi connectivity index (χ0) is 23.7. The molecule has 1 unspecified atom stereocenters. The zero-order valence-corrected chi connectivity index (χ0v) is 20.0. The molecule has 5 rings (SSSR count). The molecular formula is C27H33N5O2. The summed E-state index contributed by atoms with van der Waals surface area (Å²) in [7, 11) is 0. The van der Waals surface area contributed by atoms with Crippen molar-refractivity contribution in [2.45, 2.75) is 38.6 Å². The van der Waals surface area contributed by atoms with Crippen molar-refractivity contribution in [3.05, 3.63) is 65.6 Å². The molecule has 1 atom stereocenters. The van der Waals surface area contributed by atoms with Gasteiger partial charge in [-0.05, 0) is 56.5 Å². The fourth-order valence-electron chi connectivity index (χ4n) is 5.34. The molecule has 0 spiro atoms. The maximum atomic E-state index is 13.1. The molecular weight excluding hydrogens is 426 g/mol. The molecule has 4 heterocycles. The van der Waals surface area contributed by atoms with Crippen molar-refractivity contribution in [1.29, 1.82) is 0 Å². The number of hydrogen-bond acceptors (Lipinski definition) is 4. The summed E-state index contributed by atoms with van der Waals surface area (Å²) in [4.78, 5) is 39.8. The topological polar surface area (TPSA) is 72.5 Å². The SMILES string of the molecule is CC(C)N1CCN(C(=O)c2ccc3c(C4CCCN(C(=O)c5ccncc5)C4)c[nH]c3c2)CC1. The Labute approximate surface area is 200 Å². The first-order valence-corrected chi connectivity index (χ1v) is 12.3. The Hall–Kier alpha value is -3.19. The van der Waals surface area contributed by atoms with E-state index in [4.69, 9.17) is 0 Å². The lowest BCUT2D eigenvalue weighted by atomic mass is 9.90. The molecule has 178 valence electrons. The van der Waals surface area contributed by atoms with Gasteiger partial charge in [0, 0.05) is 91.8 Å². The number of carbonyl (C=O) groups is 2. The number of fused-ring (bicyclic) bond motifs is 1. The number of aromatic nitrogens is 2. The summed E-state index contributed by atoms with van der Waals surface area (Å²) in [6.45, 7) is 9.29. The van der Waals surface area contributed by atoms with Crippen molar-refractivity contribution >= 4 is 22.7 Å². The van der Waals surface area contributed by atoms with Gasteiger partial charge in [-0.3, -0.25) is 19.5 Å². The third kappa shape index (κ3) is 4.44. The zero-order valence-electron chi connectivity index (χ0n) is 20.0. The predicted molar refractivity (Wildman–Crippen MR) is 133 cm³/mol. The number of nitrogens with zero attached hydrogens (tertiary/aromatic N) is 4. The number of H-pyrrole nitrogens is 1. The van der Waals surface area contributed by atoms with Crippen molar-refractivity contribution in [1.82, 2.24) is 24.7 Å². The first kappa shape index (κ1) is 22.6. The third-order valence-electron chi connectivity index (χ3n) is 7.37. The van der Waals surface area contributed by atoms with Crippen LogP contribution < -0.4 is 0 Å². The van der Waals surface area contributed by atoms with Crippen LogP contribution in [0.15, 0.2) is 48.9 Å². The molecule has 1 N–H and O–H groups in total. The molecule has 7 nitrogen and oxygen atoms in total. The van der Waals surface area contributed by atoms with Gasteiger partial charge in [-0.1, -0.05) is 6.07 Å². The second-order valence-corrected chi connectivity index (χ2v) is 9.75. The van der Waals surface area contributed by atoms with Crippen LogP contribution in [0, 0.1) is 0 Å². The molecule has 2 amide bonds. The van der Waals surface area contributed by atoms with E-state index in [-0.39, 0.29) is 17.7 Å². The van der Waals surface area contributed by atoms with Gasteiger partial charge >= 0.3 is 0 Å². The van der Waals surface area contributed by atoms with Crippen LogP contribution in [0.4, 0.5) is 0 Å². The van der Waals surface area contributed by atoms with Gasteiger partial charge in [-0.25, -0.2) is 0 Å². The molecule has 7 heteroatoms. The van der Waals surface area contributed by atoms with E-state index in [2.05, 4.69) is 41.0 Å². The van der Waals surface area contributed by atoms with Crippen LogP contribution in [0.5, 0.6) is 0 Å². The minimum Gasteiger partial charge on any atom is -0.361 e. The largest absolute Gasteiger partial charge is 0.361 e. The number of likely N-dealkylation sites (tertiary alicyclic amines) is 1. The lowest BCUT2D eigenvalue weighted by molar-refractivity contribution is 0.0595. The summed E-state index contributed by atoms with van der Waals surface area (Å²) in [5, 5.41) is 1.14. The number of benzene rings is 1. The van der Waals surface area contributed by atoms with E-state index in [0.717, 1.165) is 62.0 Å². The van der Waals surface area contributed by atoms with Crippen LogP contribution in [0.1, 0.15) is 58.9 Å². The van der Waals surface area contributed by atoms with E-state index in [9.17, 15) is 9.59 Å². The number of pyridine rings is 1. The summed E-state index contributed by atoms with van der Waals surface area (Å²) in [5.74, 6) is 0.449. The number of carbonyl (C=O) groups excluding carboxylic acids is 2. The highest BCUT2D eigenvalue weighted by Crippen LogP contribution is 2.33. The second kappa shape index (κ2) is 9.58. The van der Waals surface area contributed by atoms with Crippen LogP contribution >= 0.6 is 0 Å². The highest BCUT2D eigenvalue weighted by atomic mass is 16.2. The third-order valence-corrected chi connectivity index (χ3v) is 7.37. The van der Waals surface area contributed by atoms with Crippen molar-refractivity contribution < 1.29 is 9.59 Å². The van der Waals surface area contributed by atoms with E-state index in [1.54, 1.807) is 24.5 Å². The van der Waals surface area contributed by atoms with E-state index in [1.165, 1.54) is 5.56 Å². The molecule has 1 aromatic carbocycles. The molecule has 0 radical (unpaired) electrons. The highest BCUT2D eigenvalue weighted by molar-refractivity contribution is 5.99. The number of piperazine rings is 1. The average Bonchev–Trinajstić information content (AvgIpc) is 3.32. The van der Waals surface area contributed by atoms with E-state index in [1.807, 2.05) is 21.9 Å². The predicted octanol–water partition coefficient (Wildman–Crippen LogP) is 3.75. The minimum atomic E-state index is 0.0670. The highest BCUT2D eigenvalue weighted by Gasteiger charge is 2.28. The lowest BCUT2D eigenvalue weighted by Crippen LogP contribution is -2.50. The van der Waals surface area contributed by atoms with Crippen molar-refractivity contribution in [3.8, 4) is 0 Å². The quantitative estimate of drug-likeness (QED) is 0.645. The fraction of sp³-hybridized carbons (Fsp3) is 0.444. The van der Waals surface area contributed by atoms with Crippen molar-refractivity contribution in [2.75, 3.05) is 39.3 Å². The Morgan fingerprint density at radius 2 is 1.68 bits per heavy atom. The van der Waals surface area contributed by atoms with E-state index in [0.29, 0.717) is 18.2 Å². The second-order valence-electron chi connectivity index (χ2n) is 9.75. The van der Waals surface area contributed by atoms with Gasteiger partial charge in [-0.2, -0.15) is 0 Å². The van der Waals surface area contributed by atoms with Gasteiger partial charge in [0.15, 0.2) is 0 Å². The fourth-order valence-corrected chi connectivity index (χ4v) is 5.34. The normalized spacial score (nSPS) is 19.7. The minimum absolute atomic E-state index is 0.0670. The number of hydrogen-bond donors (Lipinski definition) is 1. The van der Waals surface area contributed by atoms with Crippen molar-refractivity contribution in [3.63, 3.8) is 0 Å². The lowest BCUT2D eigenvalue weighted by Gasteiger charge is -2.37. The van der Waals surface area contributed by atoms with Crippen LogP contribution in [-0.4, -0.2) is 81.8 Å². The summed E-state index contributed by atoms with van der Waals surface area (Å²) in [6, 6.07) is 10.1. The molecule has 2 aliphatic rings. The molecule has 0 bridgehead atoms. The van der Waals surface area contributed by atoms with Gasteiger partial charge in [0.25, 0.3) is 11.8 Å². The number of rotatable bonds is 4. The van der Waals surface area contributed by atoms with Crippen LogP contribution in [0.25, 0.3) is 10.9 Å². The van der Waals surface area contributed by atoms with Gasteiger partial charge < -0.3 is 14.8 Å². The number of piperidine rings is 1. The van der Waals surface area contributed by atoms with Gasteiger partial charge in [-0.15, -0.1) is 0 Å². The monoisotopic (exact) mass is 459 g/mol. The van der Waals surface area contributed by atoms with Crippen LogP contribution in [0.3, 0.4) is 0 Å². The van der Waals surface area contributed by atoms with E-state index >= 15 is 0 Å². The first-order chi connectivity index (χ1) is 16.5. The molecule has 2 aliphatic heterocycles. The van der Waals surface area contributed by atoms with Gasteiger partial charge in [0.2, 0.25) is 0 Å². The molecule has 2 aromatic heterocycles. The Balaban J connectivity index is 1.30. The first-order valence-electron chi connectivity index (χ1n) is 12.3. The Morgan fingerprint density at radius 3 is 2.41 bits per heavy atom. The van der Waals surface area contributed by atoms with E-state index < -0.39 is 0 Å². The van der Waals surface area contributed by atoms with Crippen molar-refractivity contribution in [2.24, 2.45) is 0 Å². The summed E-state index contributed by atoms with van der Waals surface area (Å²) in [6.07, 6.45) is 7.42. The molecule has 34 heavy (non-hydrogen) atoms. The van der Waals surface area contributed by atoms with Gasteiger partial charge in [0.05, 0.1) is 0 Å². The number of amides is 2. The maximum absolute atomic E-state index is 13.1. The summed E-state index contributed by atoms with van der Waals surface area (Å²) in [5.41, 5.74) is 3.63. The number of nitrogens with one attached hydrogen (secondary N) is 1. The molecule has 2 fully saturated rings. The Morgan fingerprint density at radius 1 is 0.941 bits per heavy atom. The Kier molecular flexibility index (Phi) is 6.37. The Bertz CT molecular complexity index is 1160. The molecule has 3 aromatic rings. The molecule has 0 saturated carbocycles. The number of aromatic amines is 1. The van der Waals surface area contributed by atoms with Gasteiger partial charge in [0.1, 0.15) is 0 Å². The van der Waals surface area contributed by atoms with Crippen LogP contribution in [0.2, 0.25) is 0 Å². The summed E-state index contributed by atoms with van der Waals surface area (Å²) < 4.78 is 0. The smallest absolute Gasteiger partial charge is 0.254 e. The average molecular weight is 460 g/mol. The maximum Gasteiger partial charge on any atom is 0.254 e. The molecule has 0 aliphatic carbocycles. The summed E-state index contributed by atoms with van der Waals surface area (Å²) >= 11 is 0. The van der Waals surface area contributed by atoms with Crippen LogP contribution in [-0.2, 0) is 0 Å². The standard InChI is InChI=1S/C27H33N5O2/c1-19(2)30-12-14-31(15-13-30)27(34)21-5-6-23-24(17-29-25(23)16-21)22-4-3-11-32(18-22)26(33)20-7-9-28-10-8-20/h5-10,16-17,19,22,29H,3-4,11-15,18H2,1-2H3. The molecule has 2 saturated heterocycles.